The fourth-order valence-electron chi connectivity index (χ4n) is 0.841. The number of hydrogen-bond donors (Lipinski definition) is 4. The number of rotatable bonds is 6. The zero-order valence-corrected chi connectivity index (χ0v) is 8.75. The predicted molar refractivity (Wildman–Crippen MR) is 49.5 cm³/mol. The molecule has 74 valence electrons. The highest BCUT2D eigenvalue weighted by atomic mass is 28.4. The van der Waals surface area contributed by atoms with Crippen molar-refractivity contribution >= 4 is 8.80 Å². The molecule has 5 heteroatoms. The molecule has 0 bridgehead atoms. The first-order valence-corrected chi connectivity index (χ1v) is 6.34. The lowest BCUT2D eigenvalue weighted by Gasteiger charge is -2.10. The highest BCUT2D eigenvalue weighted by molar-refractivity contribution is 6.56. The van der Waals surface area contributed by atoms with Gasteiger partial charge in [-0.05, 0) is 25.4 Å². The third-order valence-electron chi connectivity index (χ3n) is 1.42. The Morgan fingerprint density at radius 2 is 1.83 bits per heavy atom. The van der Waals surface area contributed by atoms with E-state index >= 15 is 0 Å². The normalized spacial score (nSPS) is 12.5. The maximum absolute atomic E-state index is 8.65. The number of nitrogens with one attached hydrogen (secondary N) is 1. The van der Waals surface area contributed by atoms with Crippen molar-refractivity contribution in [3.8, 4) is 0 Å². The van der Waals surface area contributed by atoms with E-state index in [1.165, 1.54) is 0 Å². The molecule has 0 aromatic rings. The summed E-state index contributed by atoms with van der Waals surface area (Å²) in [5.74, 6) is 0.601. The molecule has 0 heterocycles. The topological polar surface area (TPSA) is 72.7 Å². The largest absolute Gasteiger partial charge is 0.492 e. The van der Waals surface area contributed by atoms with Crippen molar-refractivity contribution in [2.24, 2.45) is 5.92 Å². The van der Waals surface area contributed by atoms with Gasteiger partial charge in [-0.3, -0.25) is 0 Å². The maximum Gasteiger partial charge on any atom is 0.492 e. The molecule has 0 amide bonds. The Hall–Kier alpha value is 0.0569. The Bertz CT molecular complexity index is 114. The van der Waals surface area contributed by atoms with Crippen LogP contribution in [0.25, 0.3) is 0 Å². The van der Waals surface area contributed by atoms with Crippen molar-refractivity contribution < 1.29 is 14.4 Å². The van der Waals surface area contributed by atoms with Crippen LogP contribution >= 0.6 is 0 Å². The first kappa shape index (κ1) is 12.1. The lowest BCUT2D eigenvalue weighted by atomic mass is 10.2. The van der Waals surface area contributed by atoms with Gasteiger partial charge in [0.15, 0.2) is 0 Å². The summed E-state index contributed by atoms with van der Waals surface area (Å²) in [5.41, 5.74) is 0. The van der Waals surface area contributed by atoms with Crippen molar-refractivity contribution in [3.63, 3.8) is 0 Å². The summed E-state index contributed by atoms with van der Waals surface area (Å²) in [5, 5.41) is 3.15. The van der Waals surface area contributed by atoms with Gasteiger partial charge < -0.3 is 19.7 Å². The Balaban J connectivity index is 3.12. The standard InChI is InChI=1S/C7H19NO3Si/c1-7(2)6-8-4-3-5-12(9,10)11/h7-11H,3-6H2,1-2H3. The second-order valence-electron chi connectivity index (χ2n) is 3.48. The first-order chi connectivity index (χ1) is 5.42. The summed E-state index contributed by atoms with van der Waals surface area (Å²) in [4.78, 5) is 25.9. The van der Waals surface area contributed by atoms with E-state index in [4.69, 9.17) is 14.4 Å². The predicted octanol–water partition coefficient (Wildman–Crippen LogP) is -0.462. The smallest absolute Gasteiger partial charge is 0.390 e. The van der Waals surface area contributed by atoms with Crippen molar-refractivity contribution in [2.75, 3.05) is 13.1 Å². The van der Waals surface area contributed by atoms with Gasteiger partial charge in [-0.2, -0.15) is 0 Å². The lowest BCUT2D eigenvalue weighted by molar-refractivity contribution is 0.226. The van der Waals surface area contributed by atoms with Crippen LogP contribution in [-0.4, -0.2) is 36.3 Å². The van der Waals surface area contributed by atoms with Gasteiger partial charge in [-0.25, -0.2) is 0 Å². The molecule has 0 radical (unpaired) electrons. The summed E-state index contributed by atoms with van der Waals surface area (Å²) in [6, 6.07) is 0.123. The van der Waals surface area contributed by atoms with Gasteiger partial charge in [-0.1, -0.05) is 13.8 Å². The van der Waals surface area contributed by atoms with Crippen LogP contribution in [0.5, 0.6) is 0 Å². The Kier molecular flexibility index (Phi) is 5.69. The molecule has 0 aliphatic carbocycles. The first-order valence-electron chi connectivity index (χ1n) is 4.29. The second kappa shape index (κ2) is 5.66. The van der Waals surface area contributed by atoms with E-state index in [1.807, 2.05) is 0 Å². The van der Waals surface area contributed by atoms with E-state index in [9.17, 15) is 0 Å². The van der Waals surface area contributed by atoms with Crippen molar-refractivity contribution in [2.45, 2.75) is 26.3 Å². The Morgan fingerprint density at radius 1 is 1.25 bits per heavy atom. The molecule has 4 nitrogen and oxygen atoms in total. The fraction of sp³-hybridized carbons (Fsp3) is 1.00. The van der Waals surface area contributed by atoms with Crippen molar-refractivity contribution in [1.82, 2.24) is 5.32 Å². The van der Waals surface area contributed by atoms with E-state index in [0.29, 0.717) is 12.3 Å². The van der Waals surface area contributed by atoms with E-state index in [-0.39, 0.29) is 6.04 Å². The third kappa shape index (κ3) is 10.1. The highest BCUT2D eigenvalue weighted by Gasteiger charge is 2.25. The summed E-state index contributed by atoms with van der Waals surface area (Å²) in [7, 11) is -3.77. The minimum absolute atomic E-state index is 0.123. The van der Waals surface area contributed by atoms with Gasteiger partial charge in [0.2, 0.25) is 0 Å². The lowest BCUT2D eigenvalue weighted by Crippen LogP contribution is -2.35. The molecule has 12 heavy (non-hydrogen) atoms. The van der Waals surface area contributed by atoms with Gasteiger partial charge >= 0.3 is 8.80 Å². The van der Waals surface area contributed by atoms with Crippen LogP contribution < -0.4 is 5.32 Å². The highest BCUT2D eigenvalue weighted by Crippen LogP contribution is 1.99. The van der Waals surface area contributed by atoms with Gasteiger partial charge in [0.1, 0.15) is 0 Å². The van der Waals surface area contributed by atoms with Crippen LogP contribution in [0.2, 0.25) is 6.04 Å². The molecule has 4 N–H and O–H groups in total. The molecule has 0 saturated carbocycles. The minimum atomic E-state index is -3.77. The molecule has 0 saturated heterocycles. The second-order valence-corrected chi connectivity index (χ2v) is 5.52. The van der Waals surface area contributed by atoms with Crippen LogP contribution in [0.15, 0.2) is 0 Å². The van der Waals surface area contributed by atoms with Crippen LogP contribution in [0.1, 0.15) is 20.3 Å². The molecule has 0 fully saturated rings. The summed E-state index contributed by atoms with van der Waals surface area (Å²) < 4.78 is 0. The minimum Gasteiger partial charge on any atom is -0.390 e. The van der Waals surface area contributed by atoms with Gasteiger partial charge in [0.25, 0.3) is 0 Å². The molecule has 0 unspecified atom stereocenters. The molecule has 0 aliphatic heterocycles. The molecular formula is C7H19NO3Si. The monoisotopic (exact) mass is 193 g/mol. The average molecular weight is 193 g/mol. The zero-order valence-electron chi connectivity index (χ0n) is 7.75. The quantitative estimate of drug-likeness (QED) is 0.340. The molecular weight excluding hydrogens is 174 g/mol. The van der Waals surface area contributed by atoms with Crippen LogP contribution in [0.3, 0.4) is 0 Å². The van der Waals surface area contributed by atoms with Crippen molar-refractivity contribution in [1.29, 1.82) is 0 Å². The van der Waals surface area contributed by atoms with Crippen LogP contribution in [0, 0.1) is 5.92 Å². The molecule has 0 aromatic heterocycles. The van der Waals surface area contributed by atoms with E-state index in [2.05, 4.69) is 19.2 Å². The van der Waals surface area contributed by atoms with E-state index in [0.717, 1.165) is 13.1 Å². The molecule has 0 spiro atoms. The van der Waals surface area contributed by atoms with Gasteiger partial charge in [0.05, 0.1) is 0 Å². The summed E-state index contributed by atoms with van der Waals surface area (Å²) in [6.45, 7) is 5.87. The number of hydrogen-bond acceptors (Lipinski definition) is 4. The zero-order chi connectivity index (χ0) is 9.61. The third-order valence-corrected chi connectivity index (χ3v) is 2.44. The van der Waals surface area contributed by atoms with Crippen LogP contribution in [0.4, 0.5) is 0 Å². The Morgan fingerprint density at radius 3 is 2.25 bits per heavy atom. The Labute approximate surface area is 74.6 Å². The average Bonchev–Trinajstić information content (AvgIpc) is 1.83. The van der Waals surface area contributed by atoms with Crippen LogP contribution in [-0.2, 0) is 0 Å². The molecule has 0 aromatic carbocycles. The molecule has 0 aliphatic rings. The SMILES string of the molecule is CC(C)CNCCC[Si](O)(O)O. The van der Waals surface area contributed by atoms with Crippen molar-refractivity contribution in [3.05, 3.63) is 0 Å². The molecule has 0 atom stereocenters. The van der Waals surface area contributed by atoms with E-state index < -0.39 is 8.80 Å². The van der Waals surface area contributed by atoms with Gasteiger partial charge in [-0.15, -0.1) is 0 Å². The maximum atomic E-state index is 8.65. The van der Waals surface area contributed by atoms with E-state index in [1.54, 1.807) is 0 Å². The fourth-order valence-corrected chi connectivity index (χ4v) is 1.49. The summed E-state index contributed by atoms with van der Waals surface area (Å²) in [6.07, 6.45) is 0.614. The van der Waals surface area contributed by atoms with Gasteiger partial charge in [0, 0.05) is 6.04 Å². The molecule has 0 rings (SSSR count). The summed E-state index contributed by atoms with van der Waals surface area (Å²) >= 11 is 0.